The van der Waals surface area contributed by atoms with Crippen LogP contribution in [0, 0.1) is 11.8 Å². The fraction of sp³-hybridized carbons (Fsp3) is 0.500. The molecule has 0 radical (unpaired) electrons. The summed E-state index contributed by atoms with van der Waals surface area (Å²) < 4.78 is 20.1. The third-order valence-corrected chi connectivity index (χ3v) is 3.80. The van der Waals surface area contributed by atoms with Crippen LogP contribution in [0.2, 0.25) is 0 Å². The molecule has 1 rings (SSSR count). The molecule has 4 unspecified atom stereocenters. The lowest BCUT2D eigenvalue weighted by atomic mass is 9.84. The van der Waals surface area contributed by atoms with Gasteiger partial charge in [0.25, 0.3) is 0 Å². The highest BCUT2D eigenvalue weighted by Crippen LogP contribution is 2.28. The molecule has 0 fully saturated rings. The molecule has 0 bridgehead atoms. The van der Waals surface area contributed by atoms with Crippen molar-refractivity contribution in [3.8, 4) is 0 Å². The van der Waals surface area contributed by atoms with E-state index >= 15 is 0 Å². The van der Waals surface area contributed by atoms with Gasteiger partial charge in [0.1, 0.15) is 0 Å². The van der Waals surface area contributed by atoms with Crippen molar-refractivity contribution in [2.45, 2.75) is 53.1 Å². The van der Waals surface area contributed by atoms with E-state index in [2.05, 4.69) is 13.2 Å². The second kappa shape index (κ2) is 10.4. The van der Waals surface area contributed by atoms with Crippen molar-refractivity contribution in [1.82, 2.24) is 0 Å². The van der Waals surface area contributed by atoms with Crippen LogP contribution in [0.15, 0.2) is 36.5 Å². The number of hydrogen-bond acceptors (Lipinski definition) is 8. The number of rotatable bonds is 8. The molecule has 0 saturated heterocycles. The maximum absolute atomic E-state index is 12.5. The lowest BCUT2D eigenvalue weighted by Crippen LogP contribution is -2.36. The average Bonchev–Trinajstić information content (AvgIpc) is 2.60. The van der Waals surface area contributed by atoms with Gasteiger partial charge in [0, 0.05) is 25.0 Å². The van der Waals surface area contributed by atoms with E-state index in [1.54, 1.807) is 12.2 Å². The summed E-state index contributed by atoms with van der Waals surface area (Å²) >= 11 is 0. The van der Waals surface area contributed by atoms with Gasteiger partial charge < -0.3 is 18.9 Å². The van der Waals surface area contributed by atoms with Crippen LogP contribution in [0.1, 0.15) is 40.5 Å². The third kappa shape index (κ3) is 7.02. The topological polar surface area (TPSA) is 105 Å². The van der Waals surface area contributed by atoms with Gasteiger partial charge in [0.2, 0.25) is 12.6 Å². The fourth-order valence-electron chi connectivity index (χ4n) is 2.38. The Morgan fingerprint density at radius 3 is 1.79 bits per heavy atom. The number of hydrogen-bond donors (Lipinski definition) is 0. The van der Waals surface area contributed by atoms with Gasteiger partial charge in [-0.1, -0.05) is 25.3 Å². The van der Waals surface area contributed by atoms with Crippen LogP contribution in [-0.4, -0.2) is 36.5 Å². The predicted molar refractivity (Wildman–Crippen MR) is 98.3 cm³/mol. The Balaban J connectivity index is 2.71. The van der Waals surface area contributed by atoms with Crippen molar-refractivity contribution in [2.75, 3.05) is 0 Å². The zero-order chi connectivity index (χ0) is 21.4. The molecule has 0 aliphatic heterocycles. The highest BCUT2D eigenvalue weighted by atomic mass is 16.7. The van der Waals surface area contributed by atoms with Crippen molar-refractivity contribution in [3.05, 3.63) is 36.5 Å². The van der Waals surface area contributed by atoms with Crippen molar-refractivity contribution in [1.29, 1.82) is 0 Å². The molecule has 28 heavy (non-hydrogen) atoms. The van der Waals surface area contributed by atoms with Crippen LogP contribution in [0.25, 0.3) is 0 Å². The van der Waals surface area contributed by atoms with Crippen molar-refractivity contribution in [2.24, 2.45) is 11.8 Å². The Kier molecular flexibility index (Phi) is 8.63. The molecular weight excluding hydrogens is 368 g/mol. The van der Waals surface area contributed by atoms with Gasteiger partial charge in [0.05, 0.1) is 11.8 Å². The van der Waals surface area contributed by atoms with Gasteiger partial charge in [-0.15, -0.1) is 0 Å². The quantitative estimate of drug-likeness (QED) is 0.268. The van der Waals surface area contributed by atoms with E-state index in [0.717, 1.165) is 0 Å². The zero-order valence-corrected chi connectivity index (χ0v) is 16.6. The van der Waals surface area contributed by atoms with Gasteiger partial charge in [-0.3, -0.25) is 9.59 Å². The minimum atomic E-state index is -1.14. The summed E-state index contributed by atoms with van der Waals surface area (Å²) in [7, 11) is 0. The summed E-state index contributed by atoms with van der Waals surface area (Å²) in [5.41, 5.74) is 0.337. The molecule has 0 heterocycles. The molecule has 0 aromatic heterocycles. The van der Waals surface area contributed by atoms with Gasteiger partial charge in [0.15, 0.2) is 0 Å². The number of esters is 4. The smallest absolute Gasteiger partial charge is 0.336 e. The van der Waals surface area contributed by atoms with Crippen LogP contribution in [-0.2, 0) is 38.1 Å². The Morgan fingerprint density at radius 2 is 1.32 bits per heavy atom. The second-order valence-corrected chi connectivity index (χ2v) is 6.52. The summed E-state index contributed by atoms with van der Waals surface area (Å²) in [6, 6.07) is 0. The lowest BCUT2D eigenvalue weighted by molar-refractivity contribution is -0.194. The van der Waals surface area contributed by atoms with E-state index in [-0.39, 0.29) is 11.1 Å². The van der Waals surface area contributed by atoms with E-state index in [1.165, 1.54) is 27.7 Å². The standard InChI is InChI=1S/C20H26O8/c1-11(2)17(21)25-13(5)27-19(23)15-9-7-8-10-16(15)20(24)28-14(6)26-18(22)12(3)4/h7,9,13-16H,1,3,8,10H2,2,4-6H3. The van der Waals surface area contributed by atoms with E-state index in [4.69, 9.17) is 18.9 Å². The summed E-state index contributed by atoms with van der Waals surface area (Å²) in [4.78, 5) is 47.9. The van der Waals surface area contributed by atoms with Crippen LogP contribution >= 0.6 is 0 Å². The molecule has 0 spiro atoms. The first-order valence-electron chi connectivity index (χ1n) is 8.83. The van der Waals surface area contributed by atoms with Crippen molar-refractivity contribution >= 4 is 23.9 Å². The molecule has 0 aromatic carbocycles. The fourth-order valence-corrected chi connectivity index (χ4v) is 2.38. The largest absolute Gasteiger partial charge is 0.425 e. The first-order chi connectivity index (χ1) is 13.0. The molecule has 1 aliphatic carbocycles. The minimum absolute atomic E-state index is 0.167. The number of ether oxygens (including phenoxy) is 4. The van der Waals surface area contributed by atoms with Crippen LogP contribution < -0.4 is 0 Å². The third-order valence-electron chi connectivity index (χ3n) is 3.80. The summed E-state index contributed by atoms with van der Waals surface area (Å²) in [6.07, 6.45) is 1.97. The monoisotopic (exact) mass is 394 g/mol. The molecule has 1 aliphatic rings. The molecule has 0 N–H and O–H groups in total. The highest BCUT2D eigenvalue weighted by molar-refractivity contribution is 5.88. The maximum Gasteiger partial charge on any atom is 0.336 e. The van der Waals surface area contributed by atoms with E-state index in [0.29, 0.717) is 12.8 Å². The normalized spacial score (nSPS) is 20.3. The summed E-state index contributed by atoms with van der Waals surface area (Å²) in [5, 5.41) is 0. The van der Waals surface area contributed by atoms with E-state index in [1.807, 2.05) is 0 Å². The number of allylic oxidation sites excluding steroid dienone is 1. The number of carbonyl (C=O) groups is 4. The molecule has 0 aromatic rings. The van der Waals surface area contributed by atoms with Gasteiger partial charge >= 0.3 is 23.9 Å². The van der Waals surface area contributed by atoms with Crippen LogP contribution in [0.4, 0.5) is 0 Å². The molecule has 4 atom stereocenters. The Morgan fingerprint density at radius 1 is 0.857 bits per heavy atom. The molecule has 8 nitrogen and oxygen atoms in total. The Labute approximate surface area is 164 Å². The van der Waals surface area contributed by atoms with Crippen LogP contribution in [0.5, 0.6) is 0 Å². The van der Waals surface area contributed by atoms with Gasteiger partial charge in [-0.05, 0) is 26.7 Å². The SMILES string of the molecule is C=C(C)C(=O)OC(C)OC(=O)C1C=CCCC1C(=O)OC(C)OC(=O)C(=C)C. The predicted octanol–water partition coefficient (Wildman–Crippen LogP) is 2.59. The molecular formula is C20H26O8. The summed E-state index contributed by atoms with van der Waals surface area (Å²) in [5.74, 6) is -4.52. The molecule has 0 saturated carbocycles. The van der Waals surface area contributed by atoms with E-state index < -0.39 is 48.3 Å². The lowest BCUT2D eigenvalue weighted by Gasteiger charge is -2.26. The van der Waals surface area contributed by atoms with Gasteiger partial charge in [-0.25, -0.2) is 9.59 Å². The number of carbonyl (C=O) groups excluding carboxylic acids is 4. The molecule has 154 valence electrons. The van der Waals surface area contributed by atoms with Crippen molar-refractivity contribution < 1.29 is 38.1 Å². The Bertz CT molecular complexity index is 690. The molecule has 0 amide bonds. The minimum Gasteiger partial charge on any atom is -0.425 e. The second-order valence-electron chi connectivity index (χ2n) is 6.52. The average molecular weight is 394 g/mol. The first-order valence-corrected chi connectivity index (χ1v) is 8.83. The summed E-state index contributed by atoms with van der Waals surface area (Å²) in [6.45, 7) is 12.6. The van der Waals surface area contributed by atoms with Crippen LogP contribution in [0.3, 0.4) is 0 Å². The highest BCUT2D eigenvalue weighted by Gasteiger charge is 2.37. The Hall–Kier alpha value is -2.90. The zero-order valence-electron chi connectivity index (χ0n) is 16.6. The van der Waals surface area contributed by atoms with Gasteiger partial charge in [-0.2, -0.15) is 0 Å². The maximum atomic E-state index is 12.5. The van der Waals surface area contributed by atoms with Crippen molar-refractivity contribution in [3.63, 3.8) is 0 Å². The molecule has 8 heteroatoms. The van der Waals surface area contributed by atoms with E-state index in [9.17, 15) is 19.2 Å². The first kappa shape index (κ1) is 23.1.